The summed E-state index contributed by atoms with van der Waals surface area (Å²) >= 11 is 0. The monoisotopic (exact) mass is 396 g/mol. The molecule has 0 fully saturated rings. The minimum absolute atomic E-state index is 0.501. The molecule has 0 saturated carbocycles. The summed E-state index contributed by atoms with van der Waals surface area (Å²) in [4.78, 5) is 0. The highest BCUT2D eigenvalue weighted by Crippen LogP contribution is 2.22. The minimum Gasteiger partial charge on any atom is -0.496 e. The van der Waals surface area contributed by atoms with Gasteiger partial charge in [0.15, 0.2) is 0 Å². The van der Waals surface area contributed by atoms with E-state index in [1.807, 2.05) is 48.5 Å². The summed E-state index contributed by atoms with van der Waals surface area (Å²) in [5, 5.41) is 6.80. The summed E-state index contributed by atoms with van der Waals surface area (Å²) in [6.07, 6.45) is 1.79. The highest BCUT2D eigenvalue weighted by molar-refractivity contribution is 5.86. The number of rotatable bonds is 8. The summed E-state index contributed by atoms with van der Waals surface area (Å²) in [6, 6.07) is 30.4. The van der Waals surface area contributed by atoms with E-state index < -0.39 is 0 Å². The first kappa shape index (κ1) is 19.5. The number of hydrogen-bond acceptors (Lipinski definition) is 4. The fourth-order valence-electron chi connectivity index (χ4n) is 3.39. The van der Waals surface area contributed by atoms with Gasteiger partial charge in [0.2, 0.25) is 0 Å². The average molecular weight is 396 g/mol. The lowest BCUT2D eigenvalue weighted by molar-refractivity contribution is 0.307. The van der Waals surface area contributed by atoms with Gasteiger partial charge in [0.25, 0.3) is 0 Å². The Balaban J connectivity index is 1.43. The Morgan fingerprint density at radius 3 is 2.37 bits per heavy atom. The van der Waals surface area contributed by atoms with E-state index in [2.05, 4.69) is 53.0 Å². The van der Waals surface area contributed by atoms with Gasteiger partial charge in [0, 0.05) is 11.1 Å². The van der Waals surface area contributed by atoms with Crippen LogP contribution in [0.15, 0.2) is 96.1 Å². The van der Waals surface area contributed by atoms with Crippen molar-refractivity contribution >= 4 is 17.0 Å². The van der Waals surface area contributed by atoms with Crippen molar-refractivity contribution in [3.8, 4) is 11.5 Å². The van der Waals surface area contributed by atoms with Crippen molar-refractivity contribution in [1.82, 2.24) is 5.43 Å². The number of nitrogens with zero attached hydrogens (tertiary/aromatic N) is 1. The van der Waals surface area contributed by atoms with E-state index in [1.165, 1.54) is 10.8 Å². The topological polar surface area (TPSA) is 42.8 Å². The maximum absolute atomic E-state index is 6.14. The second kappa shape index (κ2) is 9.61. The lowest BCUT2D eigenvalue weighted by Gasteiger charge is -2.11. The van der Waals surface area contributed by atoms with Gasteiger partial charge in [0.05, 0.1) is 19.9 Å². The molecule has 0 saturated heterocycles. The molecular weight excluding hydrogens is 372 g/mol. The normalized spacial score (nSPS) is 11.0. The van der Waals surface area contributed by atoms with Crippen LogP contribution in [0.1, 0.15) is 16.7 Å². The van der Waals surface area contributed by atoms with Gasteiger partial charge in [-0.25, -0.2) is 0 Å². The fourth-order valence-corrected chi connectivity index (χ4v) is 3.39. The van der Waals surface area contributed by atoms with E-state index in [4.69, 9.17) is 9.47 Å². The Kier molecular flexibility index (Phi) is 6.25. The van der Waals surface area contributed by atoms with Crippen molar-refractivity contribution in [1.29, 1.82) is 0 Å². The molecule has 0 aliphatic rings. The number of hydrogen-bond donors (Lipinski definition) is 1. The lowest BCUT2D eigenvalue weighted by atomic mass is 10.1. The molecule has 0 aliphatic heterocycles. The van der Waals surface area contributed by atoms with Crippen LogP contribution in [-0.2, 0) is 13.2 Å². The summed E-state index contributed by atoms with van der Waals surface area (Å²) in [5.41, 5.74) is 6.22. The molecule has 0 atom stereocenters. The molecule has 30 heavy (non-hydrogen) atoms. The molecule has 0 aliphatic carbocycles. The summed E-state index contributed by atoms with van der Waals surface area (Å²) in [6.45, 7) is 1.08. The Labute approximate surface area is 176 Å². The molecule has 0 spiro atoms. The maximum atomic E-state index is 6.14. The molecule has 4 aromatic carbocycles. The predicted molar refractivity (Wildman–Crippen MR) is 122 cm³/mol. The number of methoxy groups -OCH3 is 1. The summed E-state index contributed by atoms with van der Waals surface area (Å²) < 4.78 is 11.5. The standard InChI is InChI=1S/C26H24N2O2/c1-29-25-15-6-3-10-21(25)17-27-28-18-22-11-4-7-16-26(22)30-19-23-13-8-12-20-9-2-5-14-24(20)23/h2-16,18,27H,17,19H2,1H3/b28-18+. The number of para-hydroxylation sites is 2. The second-order valence-electron chi connectivity index (χ2n) is 6.87. The van der Waals surface area contributed by atoms with E-state index in [0.717, 1.165) is 28.2 Å². The van der Waals surface area contributed by atoms with Gasteiger partial charge in [0.1, 0.15) is 18.1 Å². The third-order valence-corrected chi connectivity index (χ3v) is 4.94. The van der Waals surface area contributed by atoms with Crippen LogP contribution < -0.4 is 14.9 Å². The van der Waals surface area contributed by atoms with Gasteiger partial charge >= 0.3 is 0 Å². The van der Waals surface area contributed by atoms with Crippen molar-refractivity contribution in [3.63, 3.8) is 0 Å². The van der Waals surface area contributed by atoms with Crippen molar-refractivity contribution in [2.75, 3.05) is 7.11 Å². The number of hydrazone groups is 1. The van der Waals surface area contributed by atoms with Crippen LogP contribution in [0.5, 0.6) is 11.5 Å². The van der Waals surface area contributed by atoms with Crippen LogP contribution in [0.25, 0.3) is 10.8 Å². The Morgan fingerprint density at radius 2 is 1.47 bits per heavy atom. The molecule has 4 rings (SSSR count). The number of fused-ring (bicyclic) bond motifs is 1. The van der Waals surface area contributed by atoms with Crippen LogP contribution in [0.3, 0.4) is 0 Å². The van der Waals surface area contributed by atoms with Crippen LogP contribution in [0, 0.1) is 0 Å². The highest BCUT2D eigenvalue weighted by Gasteiger charge is 2.05. The maximum Gasteiger partial charge on any atom is 0.128 e. The average Bonchev–Trinajstić information content (AvgIpc) is 2.81. The molecule has 0 radical (unpaired) electrons. The molecule has 0 amide bonds. The number of ether oxygens (including phenoxy) is 2. The van der Waals surface area contributed by atoms with Gasteiger partial charge < -0.3 is 14.9 Å². The van der Waals surface area contributed by atoms with Crippen LogP contribution in [0.4, 0.5) is 0 Å². The molecule has 0 bridgehead atoms. The quantitative estimate of drug-likeness (QED) is 0.314. The molecule has 4 nitrogen and oxygen atoms in total. The van der Waals surface area contributed by atoms with Crippen LogP contribution >= 0.6 is 0 Å². The molecule has 4 aromatic rings. The van der Waals surface area contributed by atoms with E-state index >= 15 is 0 Å². The Bertz CT molecular complexity index is 1150. The molecule has 0 heterocycles. The van der Waals surface area contributed by atoms with Gasteiger partial charge in [-0.2, -0.15) is 5.10 Å². The predicted octanol–water partition coefficient (Wildman–Crippen LogP) is 5.55. The van der Waals surface area contributed by atoms with Crippen molar-refractivity contribution in [2.45, 2.75) is 13.2 Å². The van der Waals surface area contributed by atoms with E-state index in [1.54, 1.807) is 13.3 Å². The summed E-state index contributed by atoms with van der Waals surface area (Å²) in [7, 11) is 1.67. The van der Waals surface area contributed by atoms with Gasteiger partial charge in [-0.05, 0) is 34.5 Å². The zero-order chi connectivity index (χ0) is 20.6. The van der Waals surface area contributed by atoms with Gasteiger partial charge in [-0.15, -0.1) is 0 Å². The molecule has 0 unspecified atom stereocenters. The van der Waals surface area contributed by atoms with Crippen molar-refractivity contribution in [2.24, 2.45) is 5.10 Å². The summed E-state index contributed by atoms with van der Waals surface area (Å²) in [5.74, 6) is 1.65. The third-order valence-electron chi connectivity index (χ3n) is 4.94. The molecule has 0 aromatic heterocycles. The van der Waals surface area contributed by atoms with Gasteiger partial charge in [-0.1, -0.05) is 72.8 Å². The second-order valence-corrected chi connectivity index (χ2v) is 6.87. The van der Waals surface area contributed by atoms with E-state index in [9.17, 15) is 0 Å². The largest absolute Gasteiger partial charge is 0.496 e. The molecule has 4 heteroatoms. The third kappa shape index (κ3) is 4.61. The van der Waals surface area contributed by atoms with Crippen LogP contribution in [-0.4, -0.2) is 13.3 Å². The Morgan fingerprint density at radius 1 is 0.767 bits per heavy atom. The van der Waals surface area contributed by atoms with Crippen molar-refractivity contribution in [3.05, 3.63) is 108 Å². The lowest BCUT2D eigenvalue weighted by Crippen LogP contribution is -2.07. The number of benzene rings is 4. The zero-order valence-electron chi connectivity index (χ0n) is 16.9. The van der Waals surface area contributed by atoms with E-state index in [0.29, 0.717) is 13.2 Å². The van der Waals surface area contributed by atoms with E-state index in [-0.39, 0.29) is 0 Å². The first-order valence-corrected chi connectivity index (χ1v) is 9.91. The van der Waals surface area contributed by atoms with Crippen molar-refractivity contribution < 1.29 is 9.47 Å². The minimum atomic E-state index is 0.501. The first-order valence-electron chi connectivity index (χ1n) is 9.91. The molecule has 1 N–H and O–H groups in total. The SMILES string of the molecule is COc1ccccc1CN/N=C/c1ccccc1OCc1cccc2ccccc12. The van der Waals surface area contributed by atoms with Crippen LogP contribution in [0.2, 0.25) is 0 Å². The Hall–Kier alpha value is -3.79. The molecule has 150 valence electrons. The highest BCUT2D eigenvalue weighted by atomic mass is 16.5. The zero-order valence-corrected chi connectivity index (χ0v) is 16.9. The fraction of sp³-hybridized carbons (Fsp3) is 0.115. The number of nitrogens with one attached hydrogen (secondary N) is 1. The first-order chi connectivity index (χ1) is 14.8. The smallest absolute Gasteiger partial charge is 0.128 e. The van der Waals surface area contributed by atoms with Gasteiger partial charge in [-0.3, -0.25) is 0 Å². The molecular formula is C26H24N2O2.